The van der Waals surface area contributed by atoms with Crippen LogP contribution in [0.25, 0.3) is 11.9 Å². The Hall–Kier alpha value is -2.08. The van der Waals surface area contributed by atoms with Crippen LogP contribution in [0.5, 0.6) is 0 Å². The van der Waals surface area contributed by atoms with Crippen LogP contribution in [-0.4, -0.2) is 32.1 Å². The predicted octanol–water partition coefficient (Wildman–Crippen LogP) is 2.95. The average molecular weight is 288 g/mol. The third-order valence-corrected chi connectivity index (χ3v) is 3.32. The van der Waals surface area contributed by atoms with Crippen LogP contribution in [0, 0.1) is 0 Å². The molecule has 6 heteroatoms. The van der Waals surface area contributed by atoms with Gasteiger partial charge in [-0.05, 0) is 6.92 Å². The molecule has 0 saturated heterocycles. The highest BCUT2D eigenvalue weighted by Crippen LogP contribution is 2.17. The second-order valence-electron chi connectivity index (χ2n) is 3.88. The van der Waals surface area contributed by atoms with Crippen LogP contribution >= 0.6 is 11.8 Å². The molecule has 0 aromatic carbocycles. The molecule has 0 aliphatic carbocycles. The molecule has 0 aliphatic heterocycles. The number of hydrogen-bond donors (Lipinski definition) is 0. The van der Waals surface area contributed by atoms with Gasteiger partial charge in [-0.2, -0.15) is 5.10 Å². The smallest absolute Gasteiger partial charge is 0.189 e. The zero-order valence-electron chi connectivity index (χ0n) is 11.3. The molecule has 2 aromatic heterocycles. The largest absolute Gasteiger partial charge is 0.498 e. The predicted molar refractivity (Wildman–Crippen MR) is 80.7 cm³/mol. The first-order chi connectivity index (χ1) is 9.72. The summed E-state index contributed by atoms with van der Waals surface area (Å²) in [5.41, 5.74) is 0.947. The summed E-state index contributed by atoms with van der Waals surface area (Å²) >= 11 is 1.48. The van der Waals surface area contributed by atoms with Crippen molar-refractivity contribution >= 4 is 17.8 Å². The van der Waals surface area contributed by atoms with Crippen LogP contribution in [-0.2, 0) is 4.74 Å². The van der Waals surface area contributed by atoms with E-state index in [9.17, 15) is 0 Å². The fraction of sp³-hybridized carbons (Fsp3) is 0.214. The molecule has 104 valence electrons. The summed E-state index contributed by atoms with van der Waals surface area (Å²) < 4.78 is 6.99. The molecule has 0 saturated carbocycles. The molecule has 0 unspecified atom stereocenters. The Morgan fingerprint density at radius 1 is 1.55 bits per heavy atom. The van der Waals surface area contributed by atoms with Gasteiger partial charge in [0.15, 0.2) is 11.0 Å². The highest BCUT2D eigenvalue weighted by atomic mass is 32.2. The molecule has 0 amide bonds. The van der Waals surface area contributed by atoms with Crippen LogP contribution in [0.1, 0.15) is 12.5 Å². The molecule has 20 heavy (non-hydrogen) atoms. The molecule has 0 spiro atoms. The standard InChI is InChI=1S/C14H16N4OS/c1-4-12-8-16-18(9-12)13-6-7-15-14(17-13)20-10-11(3)19-5-2/h4,6-9H,1,3,5,10H2,2H3. The Labute approximate surface area is 122 Å². The number of rotatable bonds is 7. The lowest BCUT2D eigenvalue weighted by atomic mass is 10.4. The molecule has 0 fully saturated rings. The highest BCUT2D eigenvalue weighted by molar-refractivity contribution is 7.99. The van der Waals surface area contributed by atoms with Gasteiger partial charge in [0.2, 0.25) is 0 Å². The van der Waals surface area contributed by atoms with E-state index in [0.29, 0.717) is 17.5 Å². The van der Waals surface area contributed by atoms with E-state index in [-0.39, 0.29) is 0 Å². The first-order valence-electron chi connectivity index (χ1n) is 6.17. The monoisotopic (exact) mass is 288 g/mol. The van der Waals surface area contributed by atoms with Gasteiger partial charge < -0.3 is 4.74 Å². The summed E-state index contributed by atoms with van der Waals surface area (Å²) in [6.07, 6.45) is 7.05. The molecule has 0 bridgehead atoms. The number of hydrogen-bond acceptors (Lipinski definition) is 5. The minimum atomic E-state index is 0.623. The molecule has 0 N–H and O–H groups in total. The normalized spacial score (nSPS) is 10.2. The van der Waals surface area contributed by atoms with E-state index in [4.69, 9.17) is 4.74 Å². The van der Waals surface area contributed by atoms with Crippen molar-refractivity contribution in [3.05, 3.63) is 49.1 Å². The lowest BCUT2D eigenvalue weighted by molar-refractivity contribution is 0.235. The van der Waals surface area contributed by atoms with Crippen molar-refractivity contribution in [2.45, 2.75) is 12.1 Å². The topological polar surface area (TPSA) is 52.8 Å². The van der Waals surface area contributed by atoms with Crippen molar-refractivity contribution in [3.8, 4) is 5.82 Å². The maximum Gasteiger partial charge on any atom is 0.189 e. The third-order valence-electron chi connectivity index (χ3n) is 2.40. The summed E-state index contributed by atoms with van der Waals surface area (Å²) in [7, 11) is 0. The highest BCUT2D eigenvalue weighted by Gasteiger charge is 2.05. The van der Waals surface area contributed by atoms with Crippen molar-refractivity contribution < 1.29 is 4.74 Å². The fourth-order valence-corrected chi connectivity index (χ4v) is 2.15. The average Bonchev–Trinajstić information content (AvgIpc) is 2.95. The Balaban J connectivity index is 2.07. The second kappa shape index (κ2) is 6.91. The minimum Gasteiger partial charge on any atom is -0.498 e. The van der Waals surface area contributed by atoms with E-state index in [1.165, 1.54) is 11.8 Å². The zero-order chi connectivity index (χ0) is 14.4. The SMILES string of the molecule is C=Cc1cnn(-c2ccnc(SCC(=C)OCC)n2)c1. The molecule has 5 nitrogen and oxygen atoms in total. The molecular formula is C14H16N4OS. The second-order valence-corrected chi connectivity index (χ2v) is 4.82. The summed E-state index contributed by atoms with van der Waals surface area (Å²) in [5, 5.41) is 4.89. The van der Waals surface area contributed by atoms with Crippen molar-refractivity contribution in [1.29, 1.82) is 0 Å². The van der Waals surface area contributed by atoms with E-state index in [1.54, 1.807) is 29.2 Å². The van der Waals surface area contributed by atoms with Gasteiger partial charge in [0.05, 0.1) is 24.3 Å². The van der Waals surface area contributed by atoms with Crippen LogP contribution < -0.4 is 0 Å². The van der Waals surface area contributed by atoms with E-state index < -0.39 is 0 Å². The van der Waals surface area contributed by atoms with Gasteiger partial charge in [-0.15, -0.1) is 0 Å². The van der Waals surface area contributed by atoms with E-state index in [2.05, 4.69) is 28.2 Å². The molecule has 0 aliphatic rings. The van der Waals surface area contributed by atoms with E-state index >= 15 is 0 Å². The van der Waals surface area contributed by atoms with Gasteiger partial charge in [0.25, 0.3) is 0 Å². The van der Waals surface area contributed by atoms with Gasteiger partial charge in [-0.3, -0.25) is 0 Å². The summed E-state index contributed by atoms with van der Waals surface area (Å²) in [5.74, 6) is 2.08. The van der Waals surface area contributed by atoms with Crippen LogP contribution in [0.4, 0.5) is 0 Å². The molecular weight excluding hydrogens is 272 g/mol. The summed E-state index contributed by atoms with van der Waals surface area (Å²) in [4.78, 5) is 8.66. The Kier molecular flexibility index (Phi) is 4.95. The third kappa shape index (κ3) is 3.71. The van der Waals surface area contributed by atoms with Crippen molar-refractivity contribution in [2.75, 3.05) is 12.4 Å². The molecule has 0 radical (unpaired) electrons. The minimum absolute atomic E-state index is 0.623. The molecule has 2 rings (SSSR count). The lowest BCUT2D eigenvalue weighted by Crippen LogP contribution is -2.00. The van der Waals surface area contributed by atoms with Crippen molar-refractivity contribution in [2.24, 2.45) is 0 Å². The van der Waals surface area contributed by atoms with Crippen LogP contribution in [0.15, 0.2) is 48.7 Å². The number of thioether (sulfide) groups is 1. The Morgan fingerprint density at radius 2 is 2.40 bits per heavy atom. The Bertz CT molecular complexity index is 609. The van der Waals surface area contributed by atoms with Gasteiger partial charge in [0.1, 0.15) is 0 Å². The fourth-order valence-electron chi connectivity index (χ4n) is 1.49. The maximum atomic E-state index is 5.30. The van der Waals surface area contributed by atoms with E-state index in [1.807, 2.05) is 13.1 Å². The quantitative estimate of drug-likeness (QED) is 0.445. The number of aromatic nitrogens is 4. The van der Waals surface area contributed by atoms with Gasteiger partial charge in [0, 0.05) is 24.0 Å². The molecule has 0 atom stereocenters. The van der Waals surface area contributed by atoms with Crippen molar-refractivity contribution in [1.82, 2.24) is 19.7 Å². The van der Waals surface area contributed by atoms with Crippen molar-refractivity contribution in [3.63, 3.8) is 0 Å². The molecule has 2 aromatic rings. The zero-order valence-corrected chi connectivity index (χ0v) is 12.1. The summed E-state index contributed by atoms with van der Waals surface area (Å²) in [6.45, 7) is 10.1. The Morgan fingerprint density at radius 3 is 3.10 bits per heavy atom. The first kappa shape index (κ1) is 14.3. The number of nitrogens with zero attached hydrogens (tertiary/aromatic N) is 4. The van der Waals surface area contributed by atoms with E-state index in [0.717, 1.165) is 17.1 Å². The van der Waals surface area contributed by atoms with Crippen LogP contribution in [0.3, 0.4) is 0 Å². The van der Waals surface area contributed by atoms with Gasteiger partial charge >= 0.3 is 0 Å². The van der Waals surface area contributed by atoms with Crippen LogP contribution in [0.2, 0.25) is 0 Å². The maximum absolute atomic E-state index is 5.30. The summed E-state index contributed by atoms with van der Waals surface area (Å²) in [6, 6.07) is 1.81. The van der Waals surface area contributed by atoms with Gasteiger partial charge in [-0.25, -0.2) is 14.6 Å². The van der Waals surface area contributed by atoms with Gasteiger partial charge in [-0.1, -0.05) is 31.0 Å². The lowest BCUT2D eigenvalue weighted by Gasteiger charge is -2.06. The number of ether oxygens (including phenoxy) is 1. The molecule has 2 heterocycles. The first-order valence-corrected chi connectivity index (χ1v) is 7.15.